The number of aryl methyl sites for hydroxylation is 2. The summed E-state index contributed by atoms with van der Waals surface area (Å²) in [7, 11) is 0. The van der Waals surface area contributed by atoms with Crippen molar-refractivity contribution in [3.05, 3.63) is 148 Å². The zero-order chi connectivity index (χ0) is 32.6. The van der Waals surface area contributed by atoms with E-state index in [1.165, 1.54) is 12.1 Å². The molecule has 2 heterocycles. The highest BCUT2D eigenvalue weighted by Crippen LogP contribution is 2.31. The number of aromatic nitrogens is 1. The van der Waals surface area contributed by atoms with Gasteiger partial charge in [-0.1, -0.05) is 96.2 Å². The molecule has 1 saturated heterocycles. The molecule has 1 aliphatic heterocycles. The van der Waals surface area contributed by atoms with Crippen molar-refractivity contribution in [1.29, 1.82) is 0 Å². The smallest absolute Gasteiger partial charge is 0.141 e. The fourth-order valence-electron chi connectivity index (χ4n) is 6.20. The van der Waals surface area contributed by atoms with Crippen LogP contribution in [0, 0.1) is 25.5 Å². The minimum Gasteiger partial charge on any atom is -0.369 e. The van der Waals surface area contributed by atoms with E-state index in [9.17, 15) is 0 Å². The maximum Gasteiger partial charge on any atom is 0.141 e. The Morgan fingerprint density at radius 1 is 0.702 bits per heavy atom. The fourth-order valence-corrected chi connectivity index (χ4v) is 6.20. The molecular weight excluding hydrogens is 598 g/mol. The van der Waals surface area contributed by atoms with Crippen molar-refractivity contribution in [2.24, 2.45) is 0 Å². The highest BCUT2D eigenvalue weighted by Gasteiger charge is 2.39. The SMILES string of the molecule is Cc1noc(C)c1-c1cc(F)c(CCN2C[C@H](OCc3ccccc3)C(OCc3ccccc3)[C@H](OCc3ccccc3)C2)c(F)c1. The van der Waals surface area contributed by atoms with E-state index in [-0.39, 0.29) is 30.3 Å². The molecule has 0 aliphatic carbocycles. The number of hydrogen-bond acceptors (Lipinski definition) is 6. The Morgan fingerprint density at radius 2 is 1.17 bits per heavy atom. The number of benzene rings is 4. The maximum absolute atomic E-state index is 15.4. The van der Waals surface area contributed by atoms with Crippen LogP contribution in [0.15, 0.2) is 108 Å². The molecule has 244 valence electrons. The van der Waals surface area contributed by atoms with Gasteiger partial charge in [0.25, 0.3) is 0 Å². The Labute approximate surface area is 274 Å². The van der Waals surface area contributed by atoms with E-state index in [1.807, 2.05) is 91.0 Å². The molecule has 47 heavy (non-hydrogen) atoms. The van der Waals surface area contributed by atoms with E-state index in [1.54, 1.807) is 13.8 Å². The topological polar surface area (TPSA) is 57.0 Å². The lowest BCUT2D eigenvalue weighted by molar-refractivity contribution is -0.184. The van der Waals surface area contributed by atoms with Crippen molar-refractivity contribution in [3.8, 4) is 11.1 Å². The first-order valence-electron chi connectivity index (χ1n) is 16.0. The number of hydrogen-bond donors (Lipinski definition) is 0. The standard InChI is InChI=1S/C39H40F2N2O4/c1-27-38(28(2)47-42-27)32-20-34(40)33(35(41)21-32)18-19-43-22-36(44-24-29-12-6-3-7-13-29)39(46-26-31-16-10-5-11-17-31)37(23-43)45-25-30-14-8-4-9-15-30/h3-17,20-21,36-37,39H,18-19,22-26H2,1-2H3/t36-,37+,39?. The molecular formula is C39H40F2N2O4. The lowest BCUT2D eigenvalue weighted by atomic mass is 9.98. The summed E-state index contributed by atoms with van der Waals surface area (Å²) in [6.07, 6.45) is -0.858. The van der Waals surface area contributed by atoms with Crippen LogP contribution in [0.5, 0.6) is 0 Å². The van der Waals surface area contributed by atoms with Crippen LogP contribution in [0.25, 0.3) is 11.1 Å². The second kappa shape index (κ2) is 15.6. The van der Waals surface area contributed by atoms with Gasteiger partial charge in [-0.2, -0.15) is 0 Å². The van der Waals surface area contributed by atoms with Gasteiger partial charge >= 0.3 is 0 Å². The molecule has 0 spiro atoms. The molecule has 3 atom stereocenters. The Hall–Kier alpha value is -4.21. The average Bonchev–Trinajstić information content (AvgIpc) is 3.43. The summed E-state index contributed by atoms with van der Waals surface area (Å²) in [6, 6.07) is 32.8. The molecule has 1 aromatic heterocycles. The van der Waals surface area contributed by atoms with E-state index in [0.29, 0.717) is 62.0 Å². The normalized spacial score (nSPS) is 18.4. The lowest BCUT2D eigenvalue weighted by Gasteiger charge is -2.43. The molecule has 6 rings (SSSR count). The number of nitrogens with zero attached hydrogens (tertiary/aromatic N) is 2. The first-order chi connectivity index (χ1) is 22.9. The van der Waals surface area contributed by atoms with Crippen LogP contribution in [0.2, 0.25) is 0 Å². The Bertz CT molecular complexity index is 1620. The number of ether oxygens (including phenoxy) is 3. The molecule has 0 saturated carbocycles. The minimum atomic E-state index is -0.588. The zero-order valence-corrected chi connectivity index (χ0v) is 26.8. The molecule has 4 aromatic carbocycles. The van der Waals surface area contributed by atoms with E-state index in [2.05, 4.69) is 10.1 Å². The first-order valence-corrected chi connectivity index (χ1v) is 16.0. The molecule has 1 unspecified atom stereocenters. The van der Waals surface area contributed by atoms with Gasteiger partial charge < -0.3 is 18.7 Å². The second-order valence-corrected chi connectivity index (χ2v) is 12.1. The van der Waals surface area contributed by atoms with Gasteiger partial charge in [0.05, 0.1) is 37.7 Å². The van der Waals surface area contributed by atoms with Gasteiger partial charge in [0.15, 0.2) is 0 Å². The van der Waals surface area contributed by atoms with E-state index >= 15 is 8.78 Å². The summed E-state index contributed by atoms with van der Waals surface area (Å²) in [5.74, 6) is -0.654. The molecule has 1 aliphatic rings. The molecule has 1 fully saturated rings. The fraction of sp³-hybridized carbons (Fsp3) is 0.308. The van der Waals surface area contributed by atoms with Crippen molar-refractivity contribution in [3.63, 3.8) is 0 Å². The third kappa shape index (κ3) is 8.39. The quantitative estimate of drug-likeness (QED) is 0.131. The Kier molecular flexibility index (Phi) is 10.9. The van der Waals surface area contributed by atoms with Gasteiger partial charge in [-0.3, -0.25) is 4.90 Å². The minimum absolute atomic E-state index is 0.0477. The van der Waals surface area contributed by atoms with Gasteiger partial charge in [-0.25, -0.2) is 8.78 Å². The van der Waals surface area contributed by atoms with E-state index in [0.717, 1.165) is 16.7 Å². The largest absolute Gasteiger partial charge is 0.369 e. The number of likely N-dealkylation sites (tertiary alicyclic amines) is 1. The third-order valence-electron chi connectivity index (χ3n) is 8.65. The Morgan fingerprint density at radius 3 is 1.62 bits per heavy atom. The average molecular weight is 639 g/mol. The van der Waals surface area contributed by atoms with Crippen molar-refractivity contribution in [2.75, 3.05) is 19.6 Å². The predicted molar refractivity (Wildman–Crippen MR) is 177 cm³/mol. The van der Waals surface area contributed by atoms with E-state index < -0.39 is 11.6 Å². The summed E-state index contributed by atoms with van der Waals surface area (Å²) >= 11 is 0. The molecule has 0 bridgehead atoms. The van der Waals surface area contributed by atoms with Gasteiger partial charge in [0.1, 0.15) is 23.5 Å². The molecule has 6 nitrogen and oxygen atoms in total. The van der Waals surface area contributed by atoms with Crippen LogP contribution in [-0.4, -0.2) is 48.0 Å². The summed E-state index contributed by atoms with van der Waals surface area (Å²) in [5.41, 5.74) is 4.83. The number of piperidine rings is 1. The van der Waals surface area contributed by atoms with Crippen molar-refractivity contribution < 1.29 is 27.5 Å². The molecule has 5 aromatic rings. The zero-order valence-electron chi connectivity index (χ0n) is 26.8. The van der Waals surface area contributed by atoms with Crippen LogP contribution >= 0.6 is 0 Å². The third-order valence-corrected chi connectivity index (χ3v) is 8.65. The molecule has 0 radical (unpaired) electrons. The highest BCUT2D eigenvalue weighted by molar-refractivity contribution is 5.68. The maximum atomic E-state index is 15.4. The summed E-state index contributed by atoms with van der Waals surface area (Å²) in [6.45, 7) is 6.19. The second-order valence-electron chi connectivity index (χ2n) is 12.1. The summed E-state index contributed by atoms with van der Waals surface area (Å²) in [5, 5.41) is 3.93. The van der Waals surface area contributed by atoms with Crippen LogP contribution in [0.1, 0.15) is 33.7 Å². The highest BCUT2D eigenvalue weighted by atomic mass is 19.1. The number of rotatable bonds is 13. The van der Waals surface area contributed by atoms with Crippen LogP contribution in [0.3, 0.4) is 0 Å². The lowest BCUT2D eigenvalue weighted by Crippen LogP contribution is -2.58. The van der Waals surface area contributed by atoms with Crippen molar-refractivity contribution in [2.45, 2.75) is 58.4 Å². The summed E-state index contributed by atoms with van der Waals surface area (Å²) in [4.78, 5) is 2.16. The van der Waals surface area contributed by atoms with E-state index in [4.69, 9.17) is 18.7 Å². The number of halogens is 2. The van der Waals surface area contributed by atoms with Crippen LogP contribution in [0.4, 0.5) is 8.78 Å². The van der Waals surface area contributed by atoms with Gasteiger partial charge in [0, 0.05) is 30.8 Å². The summed E-state index contributed by atoms with van der Waals surface area (Å²) < 4.78 is 55.8. The molecule has 8 heteroatoms. The first kappa shape index (κ1) is 32.7. The van der Waals surface area contributed by atoms with Crippen molar-refractivity contribution in [1.82, 2.24) is 10.1 Å². The predicted octanol–water partition coefficient (Wildman–Crippen LogP) is 7.85. The molecule has 0 N–H and O–H groups in total. The monoisotopic (exact) mass is 638 g/mol. The van der Waals surface area contributed by atoms with Crippen molar-refractivity contribution >= 4 is 0 Å². The Balaban J connectivity index is 1.22. The van der Waals surface area contributed by atoms with Crippen LogP contribution in [-0.2, 0) is 40.5 Å². The van der Waals surface area contributed by atoms with Gasteiger partial charge in [0.2, 0.25) is 0 Å². The molecule has 0 amide bonds. The van der Waals surface area contributed by atoms with Gasteiger partial charge in [-0.05, 0) is 54.7 Å². The van der Waals surface area contributed by atoms with Gasteiger partial charge in [-0.15, -0.1) is 0 Å². The van der Waals surface area contributed by atoms with Crippen LogP contribution < -0.4 is 0 Å².